The van der Waals surface area contributed by atoms with Crippen molar-refractivity contribution in [2.45, 2.75) is 25.4 Å². The number of nitrogens with zero attached hydrogens (tertiary/aromatic N) is 3. The molecule has 0 spiro atoms. The number of aromatic nitrogens is 2. The summed E-state index contributed by atoms with van der Waals surface area (Å²) >= 11 is 0. The lowest BCUT2D eigenvalue weighted by Gasteiger charge is -2.22. The van der Waals surface area contributed by atoms with Gasteiger partial charge in [0.1, 0.15) is 0 Å². The molecule has 3 rings (SSSR count). The zero-order chi connectivity index (χ0) is 13.1. The number of hydrogen-bond donors (Lipinski definition) is 1. The van der Waals surface area contributed by atoms with Gasteiger partial charge in [0.15, 0.2) is 0 Å². The van der Waals surface area contributed by atoms with Gasteiger partial charge in [-0.1, -0.05) is 12.1 Å². The van der Waals surface area contributed by atoms with Gasteiger partial charge in [-0.15, -0.1) is 0 Å². The molecule has 1 aliphatic rings. The summed E-state index contributed by atoms with van der Waals surface area (Å²) in [5.74, 6) is 0. The van der Waals surface area contributed by atoms with Crippen molar-refractivity contribution in [1.29, 1.82) is 0 Å². The molecule has 1 aromatic carbocycles. The summed E-state index contributed by atoms with van der Waals surface area (Å²) in [5, 5.41) is 9.33. The lowest BCUT2D eigenvalue weighted by atomic mass is 10.1. The van der Waals surface area contributed by atoms with Crippen LogP contribution in [0, 0.1) is 0 Å². The van der Waals surface area contributed by atoms with Crippen LogP contribution in [0.1, 0.15) is 18.4 Å². The third kappa shape index (κ3) is 2.69. The predicted octanol–water partition coefficient (Wildman–Crippen LogP) is 1.83. The summed E-state index contributed by atoms with van der Waals surface area (Å²) in [6.45, 7) is 2.29. The van der Waals surface area contributed by atoms with E-state index in [0.29, 0.717) is 6.04 Å². The smallest absolute Gasteiger partial charge is 0.0991 e. The number of hydrogen-bond acceptors (Lipinski definition) is 3. The fourth-order valence-electron chi connectivity index (χ4n) is 2.73. The third-order valence-corrected chi connectivity index (χ3v) is 3.83. The maximum absolute atomic E-state index is 9.33. The van der Waals surface area contributed by atoms with Gasteiger partial charge in [-0.2, -0.15) is 0 Å². The van der Waals surface area contributed by atoms with E-state index in [0.717, 1.165) is 25.2 Å². The quantitative estimate of drug-likeness (QED) is 0.908. The molecule has 0 saturated carbocycles. The van der Waals surface area contributed by atoms with Crippen molar-refractivity contribution >= 4 is 0 Å². The van der Waals surface area contributed by atoms with Crippen molar-refractivity contribution in [2.24, 2.45) is 0 Å². The van der Waals surface area contributed by atoms with Gasteiger partial charge in [0.05, 0.1) is 12.9 Å². The molecular weight excluding hydrogens is 238 g/mol. The van der Waals surface area contributed by atoms with Gasteiger partial charge in [-0.25, -0.2) is 4.98 Å². The van der Waals surface area contributed by atoms with Crippen molar-refractivity contribution in [2.75, 3.05) is 13.2 Å². The molecule has 100 valence electrons. The minimum atomic E-state index is 0.271. The Labute approximate surface area is 113 Å². The minimum absolute atomic E-state index is 0.271. The van der Waals surface area contributed by atoms with E-state index in [9.17, 15) is 5.11 Å². The molecule has 0 bridgehead atoms. The van der Waals surface area contributed by atoms with Crippen LogP contribution in [0.3, 0.4) is 0 Å². The first kappa shape index (κ1) is 12.4. The van der Waals surface area contributed by atoms with E-state index in [-0.39, 0.29) is 6.61 Å². The lowest BCUT2D eigenvalue weighted by Crippen LogP contribution is -2.31. The topological polar surface area (TPSA) is 41.3 Å². The minimum Gasteiger partial charge on any atom is -0.395 e. The molecule has 0 amide bonds. The SMILES string of the molecule is OCC1CCCN1Cc1ccc(-n2ccnc2)cc1. The zero-order valence-electron chi connectivity index (χ0n) is 10.9. The largest absolute Gasteiger partial charge is 0.395 e. The highest BCUT2D eigenvalue weighted by atomic mass is 16.3. The van der Waals surface area contributed by atoms with Crippen LogP contribution in [0.2, 0.25) is 0 Å². The molecule has 2 aromatic rings. The molecule has 4 heteroatoms. The van der Waals surface area contributed by atoms with Crippen LogP contribution in [0.15, 0.2) is 43.0 Å². The first-order valence-corrected chi connectivity index (χ1v) is 6.79. The van der Waals surface area contributed by atoms with Crippen LogP contribution in [-0.4, -0.2) is 38.8 Å². The number of likely N-dealkylation sites (tertiary alicyclic amines) is 1. The van der Waals surface area contributed by atoms with Crippen molar-refractivity contribution in [3.63, 3.8) is 0 Å². The molecule has 1 aromatic heterocycles. The molecule has 1 unspecified atom stereocenters. The fraction of sp³-hybridized carbons (Fsp3) is 0.400. The molecule has 1 fully saturated rings. The highest BCUT2D eigenvalue weighted by Crippen LogP contribution is 2.20. The standard InChI is InChI=1S/C15H19N3O/c19-11-15-2-1-8-17(15)10-13-3-5-14(6-4-13)18-9-7-16-12-18/h3-7,9,12,15,19H,1-2,8,10-11H2. The van der Waals surface area contributed by atoms with Crippen molar-refractivity contribution in [1.82, 2.24) is 14.5 Å². The van der Waals surface area contributed by atoms with Crippen molar-refractivity contribution in [3.8, 4) is 5.69 Å². The summed E-state index contributed by atoms with van der Waals surface area (Å²) < 4.78 is 2.00. The zero-order valence-corrected chi connectivity index (χ0v) is 10.9. The van der Waals surface area contributed by atoms with Gasteiger partial charge in [0.25, 0.3) is 0 Å². The molecule has 1 aliphatic heterocycles. The van der Waals surface area contributed by atoms with Gasteiger partial charge in [0, 0.05) is 30.7 Å². The number of aliphatic hydroxyl groups is 1. The number of benzene rings is 1. The summed E-state index contributed by atoms with van der Waals surface area (Å²) in [4.78, 5) is 6.42. The average Bonchev–Trinajstić information content (AvgIpc) is 3.10. The first-order valence-electron chi connectivity index (χ1n) is 6.79. The van der Waals surface area contributed by atoms with Crippen LogP contribution in [-0.2, 0) is 6.54 Å². The molecule has 1 N–H and O–H groups in total. The average molecular weight is 257 g/mol. The first-order chi connectivity index (χ1) is 9.36. The van der Waals surface area contributed by atoms with Gasteiger partial charge in [0.2, 0.25) is 0 Å². The Morgan fingerprint density at radius 1 is 1.26 bits per heavy atom. The molecule has 0 aliphatic carbocycles. The van der Waals surface area contributed by atoms with Crippen LogP contribution in [0.5, 0.6) is 0 Å². The predicted molar refractivity (Wildman–Crippen MR) is 74.1 cm³/mol. The summed E-state index contributed by atoms with van der Waals surface area (Å²) in [6, 6.07) is 8.88. The van der Waals surface area contributed by atoms with Crippen molar-refractivity contribution in [3.05, 3.63) is 48.5 Å². The van der Waals surface area contributed by atoms with Gasteiger partial charge >= 0.3 is 0 Å². The summed E-state index contributed by atoms with van der Waals surface area (Å²) in [5.41, 5.74) is 2.42. The molecule has 0 radical (unpaired) electrons. The van der Waals surface area contributed by atoms with Crippen LogP contribution >= 0.6 is 0 Å². The Hall–Kier alpha value is -1.65. The third-order valence-electron chi connectivity index (χ3n) is 3.83. The van der Waals surface area contributed by atoms with E-state index >= 15 is 0 Å². The molecule has 1 saturated heterocycles. The molecule has 4 nitrogen and oxygen atoms in total. The van der Waals surface area contributed by atoms with Crippen LogP contribution in [0.4, 0.5) is 0 Å². The number of imidazole rings is 1. The van der Waals surface area contributed by atoms with Gasteiger partial charge in [-0.3, -0.25) is 4.90 Å². The van der Waals surface area contributed by atoms with E-state index in [1.165, 1.54) is 12.0 Å². The van der Waals surface area contributed by atoms with Gasteiger partial charge in [-0.05, 0) is 37.1 Å². The Balaban J connectivity index is 1.69. The van der Waals surface area contributed by atoms with Crippen LogP contribution < -0.4 is 0 Å². The Morgan fingerprint density at radius 2 is 2.11 bits per heavy atom. The van der Waals surface area contributed by atoms with E-state index in [1.807, 2.05) is 10.8 Å². The van der Waals surface area contributed by atoms with Gasteiger partial charge < -0.3 is 9.67 Å². The van der Waals surface area contributed by atoms with Crippen LogP contribution in [0.25, 0.3) is 5.69 Å². The monoisotopic (exact) mass is 257 g/mol. The second kappa shape index (κ2) is 5.55. The Kier molecular flexibility index (Phi) is 3.62. The van der Waals surface area contributed by atoms with E-state index < -0.39 is 0 Å². The Bertz CT molecular complexity index is 507. The normalized spacial score (nSPS) is 19.9. The second-order valence-corrected chi connectivity index (χ2v) is 5.09. The number of aliphatic hydroxyl groups excluding tert-OH is 1. The maximum Gasteiger partial charge on any atom is 0.0991 e. The van der Waals surface area contributed by atoms with E-state index in [2.05, 4.69) is 34.1 Å². The lowest BCUT2D eigenvalue weighted by molar-refractivity contribution is 0.153. The highest BCUT2D eigenvalue weighted by molar-refractivity contribution is 5.34. The van der Waals surface area contributed by atoms with Crippen molar-refractivity contribution < 1.29 is 5.11 Å². The molecule has 2 heterocycles. The van der Waals surface area contributed by atoms with E-state index in [1.54, 1.807) is 12.5 Å². The second-order valence-electron chi connectivity index (χ2n) is 5.09. The molecule has 19 heavy (non-hydrogen) atoms. The van der Waals surface area contributed by atoms with E-state index in [4.69, 9.17) is 0 Å². The summed E-state index contributed by atoms with van der Waals surface area (Å²) in [6.07, 6.45) is 7.83. The highest BCUT2D eigenvalue weighted by Gasteiger charge is 2.23. The molecular formula is C15H19N3O. The molecule has 1 atom stereocenters. The summed E-state index contributed by atoms with van der Waals surface area (Å²) in [7, 11) is 0. The fourth-order valence-corrected chi connectivity index (χ4v) is 2.73. The maximum atomic E-state index is 9.33. The Morgan fingerprint density at radius 3 is 2.79 bits per heavy atom. The number of rotatable bonds is 4.